The van der Waals surface area contributed by atoms with Crippen LogP contribution >= 0.6 is 11.3 Å². The van der Waals surface area contributed by atoms with Crippen molar-refractivity contribution in [3.63, 3.8) is 0 Å². The van der Waals surface area contributed by atoms with E-state index in [4.69, 9.17) is 5.73 Å². The fourth-order valence-electron chi connectivity index (χ4n) is 2.94. The molecule has 5 aromatic rings. The van der Waals surface area contributed by atoms with Crippen LogP contribution in [0.25, 0.3) is 21.6 Å². The van der Waals surface area contributed by atoms with E-state index in [1.165, 1.54) is 23.2 Å². The van der Waals surface area contributed by atoms with Gasteiger partial charge in [0, 0.05) is 30.6 Å². The van der Waals surface area contributed by atoms with Crippen LogP contribution in [0.4, 0.5) is 5.13 Å². The van der Waals surface area contributed by atoms with Gasteiger partial charge < -0.3 is 10.1 Å². The van der Waals surface area contributed by atoms with Crippen LogP contribution in [0.2, 0.25) is 0 Å². The van der Waals surface area contributed by atoms with E-state index in [0.29, 0.717) is 5.13 Å². The minimum atomic E-state index is 0.600. The third-order valence-electron chi connectivity index (χ3n) is 4.11. The Kier molecular flexibility index (Phi) is 3.04. The molecule has 0 aliphatic rings. The van der Waals surface area contributed by atoms with Crippen LogP contribution in [0.5, 0.6) is 0 Å². The third-order valence-corrected chi connectivity index (χ3v) is 4.96. The molecule has 0 aliphatic carbocycles. The van der Waals surface area contributed by atoms with Crippen LogP contribution < -0.4 is 5.73 Å². The molecule has 5 rings (SSSR count). The molecule has 0 fully saturated rings. The van der Waals surface area contributed by atoms with E-state index in [1.807, 2.05) is 30.6 Å². The lowest BCUT2D eigenvalue weighted by atomic mass is 10.1. The van der Waals surface area contributed by atoms with Crippen LogP contribution in [0.3, 0.4) is 0 Å². The third kappa shape index (κ3) is 2.43. The minimum absolute atomic E-state index is 0.600. The Morgan fingerprint density at radius 1 is 1.16 bits per heavy atom. The molecular weight excluding hydrogens is 334 g/mol. The first kappa shape index (κ1) is 14.1. The van der Waals surface area contributed by atoms with Gasteiger partial charge in [-0.05, 0) is 23.8 Å². The number of thiazole rings is 1. The van der Waals surface area contributed by atoms with Gasteiger partial charge in [-0.2, -0.15) is 5.10 Å². The second kappa shape index (κ2) is 5.38. The Hall–Kier alpha value is -3.26. The lowest BCUT2D eigenvalue weighted by molar-refractivity contribution is 0.874. The monoisotopic (exact) mass is 347 g/mol. The van der Waals surface area contributed by atoms with Gasteiger partial charge in [0.05, 0.1) is 15.9 Å². The average Bonchev–Trinajstić information content (AvgIpc) is 3.33. The molecule has 0 atom stereocenters. The number of hydrogen-bond donors (Lipinski definition) is 1. The Labute approximate surface area is 146 Å². The zero-order valence-corrected chi connectivity index (χ0v) is 13.9. The normalized spacial score (nSPS) is 11.5. The molecular formula is C17H13N7S. The first-order valence-electron chi connectivity index (χ1n) is 7.72. The van der Waals surface area contributed by atoms with Gasteiger partial charge in [0.25, 0.3) is 0 Å². The van der Waals surface area contributed by atoms with E-state index < -0.39 is 0 Å². The van der Waals surface area contributed by atoms with Crippen molar-refractivity contribution in [2.24, 2.45) is 0 Å². The molecule has 1 aromatic carbocycles. The predicted octanol–water partition coefficient (Wildman–Crippen LogP) is 2.70. The van der Waals surface area contributed by atoms with Gasteiger partial charge in [0.15, 0.2) is 5.13 Å². The smallest absolute Gasteiger partial charge is 0.181 e. The summed E-state index contributed by atoms with van der Waals surface area (Å²) in [7, 11) is 0. The van der Waals surface area contributed by atoms with E-state index in [2.05, 4.69) is 36.6 Å². The van der Waals surface area contributed by atoms with Gasteiger partial charge >= 0.3 is 0 Å². The number of fused-ring (bicyclic) bond motifs is 2. The molecule has 2 N–H and O–H groups in total. The first-order valence-corrected chi connectivity index (χ1v) is 8.54. The SMILES string of the molecule is Nc1nc2ccc(Cc3cnc4cc(-n5cncn5)ccn34)cc2s1. The van der Waals surface area contributed by atoms with Gasteiger partial charge in [-0.1, -0.05) is 17.4 Å². The zero-order chi connectivity index (χ0) is 16.8. The standard InChI is InChI=1S/C17H13N7S/c18-17-22-14-2-1-11(6-15(14)25-17)5-13-8-20-16-7-12(3-4-23(13)16)24-10-19-9-21-24/h1-4,6-10H,5H2,(H2,18,22). The number of rotatable bonds is 3. The summed E-state index contributed by atoms with van der Waals surface area (Å²) < 4.78 is 4.92. The number of hydrogen-bond acceptors (Lipinski definition) is 6. The van der Waals surface area contributed by atoms with Crippen LogP contribution in [-0.4, -0.2) is 29.1 Å². The molecule has 7 nitrogen and oxygen atoms in total. The van der Waals surface area contributed by atoms with Crippen molar-refractivity contribution in [1.82, 2.24) is 29.1 Å². The lowest BCUT2D eigenvalue weighted by Crippen LogP contribution is -1.98. The van der Waals surface area contributed by atoms with Crippen molar-refractivity contribution in [2.75, 3.05) is 5.73 Å². The quantitative estimate of drug-likeness (QED) is 0.542. The summed E-state index contributed by atoms with van der Waals surface area (Å²) in [4.78, 5) is 12.8. The summed E-state index contributed by atoms with van der Waals surface area (Å²) in [5.74, 6) is 0. The fraction of sp³-hybridized carbons (Fsp3) is 0.0588. The Morgan fingerprint density at radius 3 is 3.00 bits per heavy atom. The van der Waals surface area contributed by atoms with E-state index in [-0.39, 0.29) is 0 Å². The Morgan fingerprint density at radius 2 is 2.12 bits per heavy atom. The van der Waals surface area contributed by atoms with Crippen molar-refractivity contribution >= 4 is 32.3 Å². The highest BCUT2D eigenvalue weighted by molar-refractivity contribution is 7.22. The van der Waals surface area contributed by atoms with Crippen LogP contribution in [-0.2, 0) is 6.42 Å². The lowest BCUT2D eigenvalue weighted by Gasteiger charge is -2.05. The van der Waals surface area contributed by atoms with Gasteiger partial charge in [-0.15, -0.1) is 0 Å². The maximum Gasteiger partial charge on any atom is 0.181 e. The average molecular weight is 347 g/mol. The number of aromatic nitrogens is 6. The molecule has 0 spiro atoms. The van der Waals surface area contributed by atoms with Crippen molar-refractivity contribution in [3.8, 4) is 5.69 Å². The molecule has 0 unspecified atom stereocenters. The van der Waals surface area contributed by atoms with Crippen molar-refractivity contribution in [3.05, 3.63) is 66.6 Å². The van der Waals surface area contributed by atoms with E-state index in [0.717, 1.165) is 33.7 Å². The van der Waals surface area contributed by atoms with Gasteiger partial charge in [0.2, 0.25) is 0 Å². The van der Waals surface area contributed by atoms with Gasteiger partial charge in [-0.25, -0.2) is 19.6 Å². The largest absolute Gasteiger partial charge is 0.375 e. The van der Waals surface area contributed by atoms with Gasteiger partial charge in [0.1, 0.15) is 18.3 Å². The maximum absolute atomic E-state index is 5.79. The van der Waals surface area contributed by atoms with E-state index >= 15 is 0 Å². The molecule has 0 saturated carbocycles. The van der Waals surface area contributed by atoms with E-state index in [9.17, 15) is 0 Å². The highest BCUT2D eigenvalue weighted by Crippen LogP contribution is 2.25. The highest BCUT2D eigenvalue weighted by atomic mass is 32.1. The second-order valence-electron chi connectivity index (χ2n) is 5.73. The number of pyridine rings is 1. The molecule has 8 heteroatoms. The van der Waals surface area contributed by atoms with Crippen LogP contribution in [0.1, 0.15) is 11.3 Å². The summed E-state index contributed by atoms with van der Waals surface area (Å²) in [6, 6.07) is 10.2. The molecule has 122 valence electrons. The molecule has 4 aromatic heterocycles. The van der Waals surface area contributed by atoms with Crippen molar-refractivity contribution < 1.29 is 0 Å². The van der Waals surface area contributed by atoms with Gasteiger partial charge in [-0.3, -0.25) is 0 Å². The number of nitrogens with two attached hydrogens (primary N) is 1. The molecule has 25 heavy (non-hydrogen) atoms. The van der Waals surface area contributed by atoms with Crippen LogP contribution in [0, 0.1) is 0 Å². The topological polar surface area (TPSA) is 86.9 Å². The molecule has 0 aliphatic heterocycles. The molecule has 0 bridgehead atoms. The molecule has 4 heterocycles. The number of benzene rings is 1. The minimum Gasteiger partial charge on any atom is -0.375 e. The molecule has 0 amide bonds. The summed E-state index contributed by atoms with van der Waals surface area (Å²) in [6.45, 7) is 0. The highest BCUT2D eigenvalue weighted by Gasteiger charge is 2.08. The number of imidazole rings is 1. The molecule has 0 saturated heterocycles. The summed E-state index contributed by atoms with van der Waals surface area (Å²) >= 11 is 1.51. The van der Waals surface area contributed by atoms with Crippen molar-refractivity contribution in [1.29, 1.82) is 0 Å². The predicted molar refractivity (Wildman–Crippen MR) is 96.9 cm³/mol. The maximum atomic E-state index is 5.79. The first-order chi connectivity index (χ1) is 12.3. The number of anilines is 1. The number of nitrogens with zero attached hydrogens (tertiary/aromatic N) is 6. The summed E-state index contributed by atoms with van der Waals surface area (Å²) in [5, 5.41) is 4.75. The van der Waals surface area contributed by atoms with Crippen LogP contribution in [0.15, 0.2) is 55.4 Å². The Balaban J connectivity index is 1.51. The van der Waals surface area contributed by atoms with Crippen molar-refractivity contribution in [2.45, 2.75) is 6.42 Å². The Bertz CT molecular complexity index is 1190. The zero-order valence-electron chi connectivity index (χ0n) is 13.1. The summed E-state index contributed by atoms with van der Waals surface area (Å²) in [6.07, 6.45) is 7.90. The second-order valence-corrected chi connectivity index (χ2v) is 6.80. The number of nitrogen functional groups attached to an aromatic ring is 1. The summed E-state index contributed by atoms with van der Waals surface area (Å²) in [5.41, 5.74) is 10.9. The fourth-order valence-corrected chi connectivity index (χ4v) is 3.74. The van der Waals surface area contributed by atoms with E-state index in [1.54, 1.807) is 11.0 Å². The molecule has 0 radical (unpaired) electrons.